The minimum absolute atomic E-state index is 0.0293. The molecule has 5 heteroatoms. The van der Waals surface area contributed by atoms with Crippen molar-refractivity contribution in [1.29, 1.82) is 0 Å². The van der Waals surface area contributed by atoms with Crippen molar-refractivity contribution in [3.05, 3.63) is 47.5 Å². The Morgan fingerprint density at radius 2 is 1.95 bits per heavy atom. The van der Waals surface area contributed by atoms with Crippen LogP contribution < -0.4 is 5.32 Å². The van der Waals surface area contributed by atoms with Crippen molar-refractivity contribution >= 4 is 12.0 Å². The van der Waals surface area contributed by atoms with Crippen LogP contribution in [0.25, 0.3) is 0 Å². The molecule has 1 aliphatic rings. The van der Waals surface area contributed by atoms with Gasteiger partial charge >= 0.3 is 12.0 Å². The first-order valence-electron chi connectivity index (χ1n) is 6.63. The predicted molar refractivity (Wildman–Crippen MR) is 75.3 cm³/mol. The fraction of sp³-hybridized carbons (Fsp3) is 0.333. The molecule has 0 saturated carbocycles. The Morgan fingerprint density at radius 3 is 2.60 bits per heavy atom. The smallest absolute Gasteiger partial charge is 0.317 e. The van der Waals surface area contributed by atoms with Gasteiger partial charge in [0.2, 0.25) is 0 Å². The van der Waals surface area contributed by atoms with Gasteiger partial charge in [-0.1, -0.05) is 36.4 Å². The van der Waals surface area contributed by atoms with Gasteiger partial charge in [0.15, 0.2) is 0 Å². The molecule has 1 aromatic rings. The zero-order valence-corrected chi connectivity index (χ0v) is 11.2. The molecule has 1 aliphatic heterocycles. The number of carbonyl (C=O) groups is 2. The summed E-state index contributed by atoms with van der Waals surface area (Å²) in [5, 5.41) is 11.7. The summed E-state index contributed by atoms with van der Waals surface area (Å²) in [7, 11) is 0. The summed E-state index contributed by atoms with van der Waals surface area (Å²) in [6.07, 6.45) is 4.88. The average molecular weight is 274 g/mol. The van der Waals surface area contributed by atoms with Gasteiger partial charge in [-0.3, -0.25) is 4.79 Å². The summed E-state index contributed by atoms with van der Waals surface area (Å²) in [5.41, 5.74) is 1.58. The topological polar surface area (TPSA) is 69.6 Å². The molecule has 0 radical (unpaired) electrons. The van der Waals surface area contributed by atoms with E-state index in [-0.39, 0.29) is 12.5 Å². The highest BCUT2D eigenvalue weighted by Gasteiger charge is 2.14. The molecule has 106 valence electrons. The van der Waals surface area contributed by atoms with Crippen molar-refractivity contribution in [2.75, 3.05) is 13.1 Å². The molecule has 2 N–H and O–H groups in total. The van der Waals surface area contributed by atoms with Crippen LogP contribution >= 0.6 is 0 Å². The van der Waals surface area contributed by atoms with E-state index in [1.165, 1.54) is 0 Å². The number of aliphatic carboxylic acids is 1. The largest absolute Gasteiger partial charge is 0.481 e. The molecule has 5 nitrogen and oxygen atoms in total. The van der Waals surface area contributed by atoms with Crippen molar-refractivity contribution in [3.63, 3.8) is 0 Å². The van der Waals surface area contributed by atoms with Crippen molar-refractivity contribution in [2.45, 2.75) is 19.4 Å². The summed E-state index contributed by atoms with van der Waals surface area (Å²) < 4.78 is 0. The summed E-state index contributed by atoms with van der Waals surface area (Å²) in [6, 6.07) is 7.16. The fourth-order valence-electron chi connectivity index (χ4n) is 2.17. The Bertz CT molecular complexity index is 526. The molecular weight excluding hydrogens is 256 g/mol. The SMILES string of the molecule is O=C(O)Cc1ccccc1CNC(=O)N1CC=CCC1. The number of carboxylic acids is 1. The molecule has 0 atom stereocenters. The number of amides is 2. The van der Waals surface area contributed by atoms with Gasteiger partial charge in [-0.15, -0.1) is 0 Å². The third-order valence-electron chi connectivity index (χ3n) is 3.24. The van der Waals surface area contributed by atoms with Gasteiger partial charge in [-0.2, -0.15) is 0 Å². The summed E-state index contributed by atoms with van der Waals surface area (Å²) in [5.74, 6) is -0.870. The fourth-order valence-corrected chi connectivity index (χ4v) is 2.17. The molecule has 0 spiro atoms. The third-order valence-corrected chi connectivity index (χ3v) is 3.24. The third kappa shape index (κ3) is 3.85. The Labute approximate surface area is 117 Å². The number of hydrogen-bond acceptors (Lipinski definition) is 2. The average Bonchev–Trinajstić information content (AvgIpc) is 2.46. The van der Waals surface area contributed by atoms with Crippen LogP contribution in [0.4, 0.5) is 4.79 Å². The molecule has 0 aromatic heterocycles. The van der Waals surface area contributed by atoms with Crippen LogP contribution in [-0.4, -0.2) is 35.1 Å². The van der Waals surface area contributed by atoms with Gasteiger partial charge in [-0.05, 0) is 17.5 Å². The van der Waals surface area contributed by atoms with E-state index in [0.717, 1.165) is 24.1 Å². The number of carbonyl (C=O) groups excluding carboxylic acids is 1. The molecule has 0 fully saturated rings. The number of carboxylic acid groups (broad SMARTS) is 1. The Kier molecular flexibility index (Phi) is 4.76. The Balaban J connectivity index is 1.94. The number of nitrogens with zero attached hydrogens (tertiary/aromatic N) is 1. The first-order valence-corrected chi connectivity index (χ1v) is 6.63. The minimum atomic E-state index is -0.870. The van der Waals surface area contributed by atoms with E-state index in [9.17, 15) is 9.59 Å². The highest BCUT2D eigenvalue weighted by molar-refractivity contribution is 5.75. The lowest BCUT2D eigenvalue weighted by Crippen LogP contribution is -2.41. The van der Waals surface area contributed by atoms with Crippen molar-refractivity contribution in [1.82, 2.24) is 10.2 Å². The molecule has 0 unspecified atom stereocenters. The van der Waals surface area contributed by atoms with Crippen LogP contribution in [0.3, 0.4) is 0 Å². The molecular formula is C15H18N2O3. The lowest BCUT2D eigenvalue weighted by atomic mass is 10.0. The maximum Gasteiger partial charge on any atom is 0.317 e. The molecule has 2 amide bonds. The van der Waals surface area contributed by atoms with Crippen LogP contribution in [0.5, 0.6) is 0 Å². The second-order valence-corrected chi connectivity index (χ2v) is 4.70. The summed E-state index contributed by atoms with van der Waals surface area (Å²) in [6.45, 7) is 1.70. The molecule has 0 saturated heterocycles. The van der Waals surface area contributed by atoms with Gasteiger partial charge in [0, 0.05) is 19.6 Å². The molecule has 1 aromatic carbocycles. The normalized spacial score (nSPS) is 14.1. The quantitative estimate of drug-likeness (QED) is 0.822. The molecule has 1 heterocycles. The van der Waals surface area contributed by atoms with E-state index in [0.29, 0.717) is 13.1 Å². The van der Waals surface area contributed by atoms with Crippen LogP contribution in [0.2, 0.25) is 0 Å². The number of hydrogen-bond donors (Lipinski definition) is 2. The number of rotatable bonds is 4. The highest BCUT2D eigenvalue weighted by atomic mass is 16.4. The van der Waals surface area contributed by atoms with E-state index >= 15 is 0 Å². The molecule has 0 bridgehead atoms. The summed E-state index contributed by atoms with van der Waals surface area (Å²) in [4.78, 5) is 24.5. The summed E-state index contributed by atoms with van der Waals surface area (Å²) >= 11 is 0. The maximum atomic E-state index is 12.0. The zero-order chi connectivity index (χ0) is 14.4. The van der Waals surface area contributed by atoms with Gasteiger partial charge in [0.1, 0.15) is 0 Å². The lowest BCUT2D eigenvalue weighted by molar-refractivity contribution is -0.136. The van der Waals surface area contributed by atoms with Crippen LogP contribution in [0.1, 0.15) is 17.5 Å². The minimum Gasteiger partial charge on any atom is -0.481 e. The zero-order valence-electron chi connectivity index (χ0n) is 11.2. The van der Waals surface area contributed by atoms with Crippen LogP contribution in [-0.2, 0) is 17.8 Å². The van der Waals surface area contributed by atoms with Gasteiger partial charge < -0.3 is 15.3 Å². The van der Waals surface area contributed by atoms with E-state index in [4.69, 9.17) is 5.11 Å². The first kappa shape index (κ1) is 14.1. The molecule has 2 rings (SSSR count). The Hall–Kier alpha value is -2.30. The lowest BCUT2D eigenvalue weighted by Gasteiger charge is -2.23. The first-order chi connectivity index (χ1) is 9.66. The van der Waals surface area contributed by atoms with E-state index in [1.807, 2.05) is 18.2 Å². The van der Waals surface area contributed by atoms with Crippen LogP contribution in [0, 0.1) is 0 Å². The van der Waals surface area contributed by atoms with Crippen molar-refractivity contribution in [3.8, 4) is 0 Å². The second kappa shape index (κ2) is 6.75. The van der Waals surface area contributed by atoms with E-state index in [2.05, 4.69) is 11.4 Å². The van der Waals surface area contributed by atoms with E-state index < -0.39 is 5.97 Å². The Morgan fingerprint density at radius 1 is 1.20 bits per heavy atom. The predicted octanol–water partition coefficient (Wildman–Crippen LogP) is 1.79. The van der Waals surface area contributed by atoms with Gasteiger partial charge in [0.25, 0.3) is 0 Å². The number of nitrogens with one attached hydrogen (secondary N) is 1. The standard InChI is InChI=1S/C15H18N2O3/c18-14(19)10-12-6-2-3-7-13(12)11-16-15(20)17-8-4-1-5-9-17/h1-4,6-7H,5,8-11H2,(H,16,20)(H,18,19). The van der Waals surface area contributed by atoms with Gasteiger partial charge in [-0.25, -0.2) is 4.79 Å². The maximum absolute atomic E-state index is 12.0. The highest BCUT2D eigenvalue weighted by Crippen LogP contribution is 2.10. The van der Waals surface area contributed by atoms with Crippen molar-refractivity contribution in [2.24, 2.45) is 0 Å². The number of urea groups is 1. The van der Waals surface area contributed by atoms with E-state index in [1.54, 1.807) is 17.0 Å². The van der Waals surface area contributed by atoms with Crippen molar-refractivity contribution < 1.29 is 14.7 Å². The molecule has 0 aliphatic carbocycles. The van der Waals surface area contributed by atoms with Gasteiger partial charge in [0.05, 0.1) is 6.42 Å². The molecule has 20 heavy (non-hydrogen) atoms. The van der Waals surface area contributed by atoms with Crippen LogP contribution in [0.15, 0.2) is 36.4 Å². The monoisotopic (exact) mass is 274 g/mol. The number of benzene rings is 1. The second-order valence-electron chi connectivity index (χ2n) is 4.70.